The Hall–Kier alpha value is -5.13. The van der Waals surface area contributed by atoms with Gasteiger partial charge in [0.2, 0.25) is 0 Å². The lowest BCUT2D eigenvalue weighted by atomic mass is 9.45. The van der Waals surface area contributed by atoms with E-state index in [9.17, 15) is 0 Å². The third-order valence-electron chi connectivity index (χ3n) is 9.53. The highest BCUT2D eigenvalue weighted by molar-refractivity contribution is 7.99. The molecule has 0 unspecified atom stereocenters. The van der Waals surface area contributed by atoms with Crippen molar-refractivity contribution in [3.63, 3.8) is 0 Å². The molecule has 0 aliphatic carbocycles. The van der Waals surface area contributed by atoms with Crippen LogP contribution in [0.25, 0.3) is 55.2 Å². The van der Waals surface area contributed by atoms with Gasteiger partial charge in [0.05, 0.1) is 16.9 Å². The van der Waals surface area contributed by atoms with Crippen LogP contribution in [0.1, 0.15) is 0 Å². The molecule has 198 valence electrons. The fourth-order valence-corrected chi connectivity index (χ4v) is 8.98. The Balaban J connectivity index is 1.36. The minimum atomic E-state index is 0.0165. The van der Waals surface area contributed by atoms with Crippen molar-refractivity contribution in [2.45, 2.75) is 9.79 Å². The molecular weight excluding hydrogens is 543 g/mol. The monoisotopic (exact) mass is 564 g/mol. The number of fused-ring (bicyclic) bond motifs is 11. The molecule has 11 rings (SSSR count). The molecule has 0 atom stereocenters. The highest BCUT2D eigenvalue weighted by Gasteiger charge is 2.45. The van der Waals surface area contributed by atoms with Crippen LogP contribution >= 0.6 is 11.8 Å². The van der Waals surface area contributed by atoms with Gasteiger partial charge in [-0.25, -0.2) is 0 Å². The van der Waals surface area contributed by atoms with Gasteiger partial charge in [0.15, 0.2) is 5.58 Å². The van der Waals surface area contributed by atoms with Crippen LogP contribution in [-0.2, 0) is 0 Å². The van der Waals surface area contributed by atoms with Gasteiger partial charge in [0, 0.05) is 37.3 Å². The Morgan fingerprint density at radius 1 is 0.581 bits per heavy atom. The summed E-state index contributed by atoms with van der Waals surface area (Å²) in [7, 11) is 0. The van der Waals surface area contributed by atoms with E-state index in [0.29, 0.717) is 0 Å². The maximum Gasteiger partial charge on any atom is 0.333 e. The molecule has 0 fully saturated rings. The van der Waals surface area contributed by atoms with E-state index in [4.69, 9.17) is 4.42 Å². The summed E-state index contributed by atoms with van der Waals surface area (Å²) in [6.45, 7) is 0.0165. The van der Waals surface area contributed by atoms with E-state index in [0.717, 1.165) is 16.6 Å². The summed E-state index contributed by atoms with van der Waals surface area (Å²) in [4.78, 5) is 5.12. The lowest BCUT2D eigenvalue weighted by molar-refractivity contribution is 0.673. The molecule has 5 heterocycles. The topological polar surface area (TPSA) is 21.3 Å². The zero-order chi connectivity index (χ0) is 27.8. The molecule has 6 aromatic carbocycles. The van der Waals surface area contributed by atoms with Gasteiger partial charge in [-0.05, 0) is 76.1 Å². The van der Waals surface area contributed by atoms with E-state index in [2.05, 4.69) is 137 Å². The van der Waals surface area contributed by atoms with E-state index in [1.54, 1.807) is 0 Å². The Morgan fingerprint density at radius 2 is 1.37 bits per heavy atom. The van der Waals surface area contributed by atoms with Crippen LogP contribution in [0.5, 0.6) is 0 Å². The van der Waals surface area contributed by atoms with Crippen molar-refractivity contribution in [1.29, 1.82) is 0 Å². The van der Waals surface area contributed by atoms with Crippen molar-refractivity contribution < 1.29 is 4.42 Å². The SMILES string of the molecule is c1ccc(-c2cc3c4c(c2)N2c5ccccc5Sc5cccc(c52)B4n2c4c-3cccc4c3oc4ccccc4c32)cc1. The van der Waals surface area contributed by atoms with Crippen molar-refractivity contribution in [2.75, 3.05) is 4.90 Å². The first kappa shape index (κ1) is 22.5. The van der Waals surface area contributed by atoms with Crippen molar-refractivity contribution in [3.8, 4) is 22.3 Å². The zero-order valence-corrected chi connectivity index (χ0v) is 23.7. The average Bonchev–Trinajstić information content (AvgIpc) is 3.60. The Bertz CT molecular complexity index is 2510. The number of anilines is 3. The summed E-state index contributed by atoms with van der Waals surface area (Å²) in [5, 5.41) is 2.34. The van der Waals surface area contributed by atoms with Crippen molar-refractivity contribution >= 4 is 79.6 Å². The smallest absolute Gasteiger partial charge is 0.333 e. The quantitative estimate of drug-likeness (QED) is 0.186. The Morgan fingerprint density at radius 3 is 2.33 bits per heavy atom. The van der Waals surface area contributed by atoms with Gasteiger partial charge in [-0.15, -0.1) is 0 Å². The molecule has 0 radical (unpaired) electrons. The van der Waals surface area contributed by atoms with Crippen LogP contribution in [0.4, 0.5) is 17.1 Å². The van der Waals surface area contributed by atoms with Gasteiger partial charge in [-0.3, -0.25) is 0 Å². The van der Waals surface area contributed by atoms with Gasteiger partial charge in [0.25, 0.3) is 0 Å². The number of para-hydroxylation sites is 4. The number of hydrogen-bond donors (Lipinski definition) is 0. The molecule has 0 saturated heterocycles. The summed E-state index contributed by atoms with van der Waals surface area (Å²) in [6, 6.07) is 46.6. The van der Waals surface area contributed by atoms with Gasteiger partial charge >= 0.3 is 6.85 Å². The second-order valence-electron chi connectivity index (χ2n) is 11.7. The molecule has 3 aliphatic rings. The van der Waals surface area contributed by atoms with E-state index >= 15 is 0 Å². The highest BCUT2D eigenvalue weighted by Crippen LogP contribution is 2.54. The molecule has 0 bridgehead atoms. The van der Waals surface area contributed by atoms with E-state index < -0.39 is 0 Å². The average molecular weight is 564 g/mol. The maximum atomic E-state index is 6.64. The van der Waals surface area contributed by atoms with Crippen molar-refractivity contribution in [3.05, 3.63) is 127 Å². The molecule has 0 amide bonds. The first-order valence-electron chi connectivity index (χ1n) is 14.7. The van der Waals surface area contributed by atoms with Crippen LogP contribution in [-0.4, -0.2) is 11.3 Å². The van der Waals surface area contributed by atoms with Gasteiger partial charge < -0.3 is 13.8 Å². The van der Waals surface area contributed by atoms with E-state index in [1.165, 1.54) is 76.5 Å². The summed E-state index contributed by atoms with van der Waals surface area (Å²) in [5.41, 5.74) is 15.9. The molecule has 3 aliphatic heterocycles. The summed E-state index contributed by atoms with van der Waals surface area (Å²) >= 11 is 1.88. The maximum absolute atomic E-state index is 6.64. The molecule has 8 aromatic rings. The van der Waals surface area contributed by atoms with Crippen LogP contribution < -0.4 is 15.8 Å². The predicted molar refractivity (Wildman–Crippen MR) is 179 cm³/mol. The minimum absolute atomic E-state index is 0.0165. The summed E-state index contributed by atoms with van der Waals surface area (Å²) < 4.78 is 9.24. The third-order valence-corrected chi connectivity index (χ3v) is 10.6. The van der Waals surface area contributed by atoms with Gasteiger partial charge in [-0.1, -0.05) is 90.6 Å². The first-order valence-corrected chi connectivity index (χ1v) is 15.5. The second kappa shape index (κ2) is 7.83. The fraction of sp³-hybridized carbons (Fsp3) is 0. The molecule has 0 saturated carbocycles. The van der Waals surface area contributed by atoms with E-state index in [-0.39, 0.29) is 6.85 Å². The Kier molecular flexibility index (Phi) is 4.09. The van der Waals surface area contributed by atoms with Crippen LogP contribution in [0.2, 0.25) is 0 Å². The number of nitrogens with zero attached hydrogens (tertiary/aromatic N) is 2. The lowest BCUT2D eigenvalue weighted by Gasteiger charge is -2.43. The number of hydrogen-bond acceptors (Lipinski definition) is 3. The number of aromatic nitrogens is 1. The third kappa shape index (κ3) is 2.70. The molecule has 2 aromatic heterocycles. The number of benzene rings is 6. The van der Waals surface area contributed by atoms with Gasteiger partial charge in [0.1, 0.15) is 5.58 Å². The molecule has 0 N–H and O–H groups in total. The number of rotatable bonds is 1. The largest absolute Gasteiger partial charge is 0.454 e. The van der Waals surface area contributed by atoms with Gasteiger partial charge in [-0.2, -0.15) is 0 Å². The lowest BCUT2D eigenvalue weighted by Crippen LogP contribution is -2.57. The van der Waals surface area contributed by atoms with Crippen LogP contribution in [0, 0.1) is 0 Å². The highest BCUT2D eigenvalue weighted by atomic mass is 32.2. The normalized spacial score (nSPS) is 13.9. The summed E-state index contributed by atoms with van der Waals surface area (Å²) in [5.74, 6) is 0. The standard InChI is InChI=1S/C38H21BN2OS/c1-2-10-22(11-3-1)23-20-27-24-13-8-14-26-35(24)41(36-25-12-4-6-17-31(25)42-38(26)36)39-28-15-9-19-33-37(28)40(30(21-23)34(27)39)29-16-5-7-18-32(29)43-33/h1-21H. The summed E-state index contributed by atoms with van der Waals surface area (Å²) in [6.07, 6.45) is 0. The predicted octanol–water partition coefficient (Wildman–Crippen LogP) is 9.09. The van der Waals surface area contributed by atoms with Crippen molar-refractivity contribution in [1.82, 2.24) is 4.48 Å². The zero-order valence-electron chi connectivity index (χ0n) is 22.9. The van der Waals surface area contributed by atoms with Crippen LogP contribution in [0.15, 0.2) is 142 Å². The molecule has 43 heavy (non-hydrogen) atoms. The van der Waals surface area contributed by atoms with Crippen molar-refractivity contribution in [2.24, 2.45) is 0 Å². The second-order valence-corrected chi connectivity index (χ2v) is 12.8. The molecule has 3 nitrogen and oxygen atoms in total. The first-order chi connectivity index (χ1) is 21.3. The minimum Gasteiger partial charge on any atom is -0.454 e. The van der Waals surface area contributed by atoms with E-state index in [1.807, 2.05) is 11.8 Å². The Labute approximate surface area is 252 Å². The molecular formula is C38H21BN2OS. The molecule has 0 spiro atoms. The molecule has 5 heteroatoms. The fourth-order valence-electron chi connectivity index (χ4n) is 7.88. The van der Waals surface area contributed by atoms with Crippen LogP contribution in [0.3, 0.4) is 0 Å². The number of furan rings is 1.